The molecule has 1 aromatic heterocycles. The lowest BCUT2D eigenvalue weighted by Gasteiger charge is -2.10. The molecule has 28 heavy (non-hydrogen) atoms. The molecular formula is C19H16N2O6S. The van der Waals surface area contributed by atoms with Gasteiger partial charge in [0.15, 0.2) is 26.9 Å². The van der Waals surface area contributed by atoms with Crippen LogP contribution >= 0.6 is 0 Å². The van der Waals surface area contributed by atoms with Crippen LogP contribution in [0.15, 0.2) is 50.5 Å². The van der Waals surface area contributed by atoms with E-state index in [2.05, 4.69) is 4.98 Å². The summed E-state index contributed by atoms with van der Waals surface area (Å²) < 4.78 is 40.7. The lowest BCUT2D eigenvalue weighted by atomic mass is 10.2. The van der Waals surface area contributed by atoms with E-state index in [1.807, 2.05) is 0 Å². The van der Waals surface area contributed by atoms with Crippen LogP contribution in [-0.2, 0) is 15.6 Å². The Morgan fingerprint density at radius 3 is 2.61 bits per heavy atom. The number of nitriles is 1. The first-order valence-electron chi connectivity index (χ1n) is 8.04. The molecule has 0 radical (unpaired) electrons. The topological polar surface area (TPSA) is 122 Å². The Morgan fingerprint density at radius 2 is 1.93 bits per heavy atom. The predicted molar refractivity (Wildman–Crippen MR) is 103 cm³/mol. The van der Waals surface area contributed by atoms with E-state index in [9.17, 15) is 18.5 Å². The zero-order valence-electron chi connectivity index (χ0n) is 15.1. The van der Waals surface area contributed by atoms with Crippen molar-refractivity contribution >= 4 is 27.0 Å². The predicted octanol–water partition coefficient (Wildman–Crippen LogP) is 2.62. The average molecular weight is 400 g/mol. The maximum absolute atomic E-state index is 12.7. The van der Waals surface area contributed by atoms with Gasteiger partial charge in [-0.3, -0.25) is 4.98 Å². The van der Waals surface area contributed by atoms with Gasteiger partial charge in [-0.15, -0.1) is 0 Å². The Kier molecular flexibility index (Phi) is 5.24. The minimum absolute atomic E-state index is 0.342. The second-order valence-electron chi connectivity index (χ2n) is 5.84. The number of aromatic amines is 1. The first-order chi connectivity index (χ1) is 13.4. The Morgan fingerprint density at radius 1 is 1.18 bits per heavy atom. The smallest absolute Gasteiger partial charge is 0.417 e. The summed E-state index contributed by atoms with van der Waals surface area (Å²) in [5.41, 5.74) is 1.65. The van der Waals surface area contributed by atoms with Crippen LogP contribution in [0, 0.1) is 11.3 Å². The molecule has 0 bridgehead atoms. The number of methoxy groups -OCH3 is 2. The Labute approximate surface area is 160 Å². The van der Waals surface area contributed by atoms with Crippen molar-refractivity contribution in [2.45, 2.75) is 5.75 Å². The number of hydrogen-bond donors (Lipinski definition) is 1. The number of aromatic nitrogens is 1. The normalized spacial score (nSPS) is 12.0. The molecule has 144 valence electrons. The SMILES string of the molecule is COc1ccc(CS(=O)(=O)/C(C#N)=C\c2ccc3oc(=O)[nH]c3c2)cc1OC. The van der Waals surface area contributed by atoms with Crippen molar-refractivity contribution < 1.29 is 22.3 Å². The Bertz CT molecular complexity index is 1260. The van der Waals surface area contributed by atoms with Crippen LogP contribution in [0.3, 0.4) is 0 Å². The Hall–Kier alpha value is -3.51. The lowest BCUT2D eigenvalue weighted by Crippen LogP contribution is -2.07. The molecule has 3 rings (SSSR count). The number of ether oxygens (including phenoxy) is 2. The third-order valence-electron chi connectivity index (χ3n) is 3.99. The van der Waals surface area contributed by atoms with Gasteiger partial charge in [0.1, 0.15) is 11.0 Å². The molecule has 0 aliphatic heterocycles. The number of oxazole rings is 1. The minimum Gasteiger partial charge on any atom is -0.493 e. The van der Waals surface area contributed by atoms with Crippen LogP contribution in [0.1, 0.15) is 11.1 Å². The van der Waals surface area contributed by atoms with Crippen molar-refractivity contribution in [2.75, 3.05) is 14.2 Å². The summed E-state index contributed by atoms with van der Waals surface area (Å²) in [4.78, 5) is 13.3. The molecule has 0 amide bonds. The maximum Gasteiger partial charge on any atom is 0.417 e. The average Bonchev–Trinajstić information content (AvgIpc) is 3.04. The fraction of sp³-hybridized carbons (Fsp3) is 0.158. The molecule has 0 spiro atoms. The molecular weight excluding hydrogens is 384 g/mol. The van der Waals surface area contributed by atoms with E-state index in [4.69, 9.17) is 13.9 Å². The molecule has 8 nitrogen and oxygen atoms in total. The van der Waals surface area contributed by atoms with Gasteiger partial charge in [0.2, 0.25) is 0 Å². The van der Waals surface area contributed by atoms with E-state index >= 15 is 0 Å². The molecule has 3 aromatic rings. The summed E-state index contributed by atoms with van der Waals surface area (Å²) in [6, 6.07) is 11.1. The van der Waals surface area contributed by atoms with Gasteiger partial charge in [-0.25, -0.2) is 13.2 Å². The van der Waals surface area contributed by atoms with Gasteiger partial charge >= 0.3 is 5.76 Å². The second-order valence-corrected chi connectivity index (χ2v) is 7.80. The number of H-pyrrole nitrogens is 1. The van der Waals surface area contributed by atoms with E-state index in [-0.39, 0.29) is 5.75 Å². The van der Waals surface area contributed by atoms with Crippen LogP contribution in [0.2, 0.25) is 0 Å². The quantitative estimate of drug-likeness (QED) is 0.631. The lowest BCUT2D eigenvalue weighted by molar-refractivity contribution is 0.354. The summed E-state index contributed by atoms with van der Waals surface area (Å²) in [6.45, 7) is 0. The maximum atomic E-state index is 12.7. The van der Waals surface area contributed by atoms with Crippen LogP contribution in [0.5, 0.6) is 11.5 Å². The van der Waals surface area contributed by atoms with Crippen molar-refractivity contribution in [1.29, 1.82) is 5.26 Å². The fourth-order valence-electron chi connectivity index (χ4n) is 2.67. The van der Waals surface area contributed by atoms with E-state index in [1.54, 1.807) is 30.3 Å². The van der Waals surface area contributed by atoms with E-state index < -0.39 is 20.5 Å². The van der Waals surface area contributed by atoms with Crippen molar-refractivity contribution in [1.82, 2.24) is 4.98 Å². The van der Waals surface area contributed by atoms with Gasteiger partial charge in [0, 0.05) is 0 Å². The van der Waals surface area contributed by atoms with Crippen molar-refractivity contribution in [3.05, 3.63) is 63.0 Å². The molecule has 0 aliphatic carbocycles. The fourth-order valence-corrected chi connectivity index (χ4v) is 3.90. The molecule has 0 unspecified atom stereocenters. The number of allylic oxidation sites excluding steroid dienone is 1. The summed E-state index contributed by atoms with van der Waals surface area (Å²) >= 11 is 0. The van der Waals surface area contributed by atoms with Crippen LogP contribution in [0.25, 0.3) is 17.2 Å². The number of nitrogens with one attached hydrogen (secondary N) is 1. The summed E-state index contributed by atoms with van der Waals surface area (Å²) in [5, 5.41) is 9.38. The minimum atomic E-state index is -3.91. The summed E-state index contributed by atoms with van der Waals surface area (Å²) in [7, 11) is -0.976. The molecule has 0 saturated carbocycles. The van der Waals surface area contributed by atoms with Crippen LogP contribution < -0.4 is 15.2 Å². The van der Waals surface area contributed by atoms with E-state index in [0.717, 1.165) is 0 Å². The highest BCUT2D eigenvalue weighted by atomic mass is 32.2. The summed E-state index contributed by atoms with van der Waals surface area (Å²) in [6.07, 6.45) is 1.25. The molecule has 0 atom stereocenters. The van der Waals surface area contributed by atoms with Crippen molar-refractivity contribution in [3.63, 3.8) is 0 Å². The molecule has 1 heterocycles. The highest BCUT2D eigenvalue weighted by Crippen LogP contribution is 2.29. The molecule has 2 aromatic carbocycles. The van der Waals surface area contributed by atoms with E-state index in [0.29, 0.717) is 33.7 Å². The number of fused-ring (bicyclic) bond motifs is 1. The molecule has 1 N–H and O–H groups in total. The van der Waals surface area contributed by atoms with Gasteiger partial charge in [0.25, 0.3) is 0 Å². The number of sulfone groups is 1. The largest absolute Gasteiger partial charge is 0.493 e. The van der Waals surface area contributed by atoms with Gasteiger partial charge in [0.05, 0.1) is 25.5 Å². The van der Waals surface area contributed by atoms with Crippen molar-refractivity contribution in [3.8, 4) is 17.6 Å². The molecule has 9 heteroatoms. The first kappa shape index (κ1) is 19.3. The third kappa shape index (κ3) is 3.92. The zero-order chi connectivity index (χ0) is 20.3. The second kappa shape index (κ2) is 7.62. The highest BCUT2D eigenvalue weighted by Gasteiger charge is 2.20. The van der Waals surface area contributed by atoms with Gasteiger partial charge in [-0.05, 0) is 41.5 Å². The zero-order valence-corrected chi connectivity index (χ0v) is 15.9. The number of nitrogens with zero attached hydrogens (tertiary/aromatic N) is 1. The number of benzene rings is 2. The van der Waals surface area contributed by atoms with Gasteiger partial charge < -0.3 is 13.9 Å². The number of hydrogen-bond acceptors (Lipinski definition) is 7. The first-order valence-corrected chi connectivity index (χ1v) is 9.70. The number of rotatable bonds is 6. The van der Waals surface area contributed by atoms with Crippen LogP contribution in [0.4, 0.5) is 0 Å². The standard InChI is InChI=1S/C19H16N2O6S/c1-25-17-6-4-13(9-18(17)26-2)11-28(23,24)14(10-20)7-12-3-5-16-15(8-12)21-19(22)27-16/h3-9H,11H2,1-2H3,(H,21,22)/b14-7-. The third-order valence-corrected chi connectivity index (χ3v) is 5.58. The van der Waals surface area contributed by atoms with Crippen LogP contribution in [-0.4, -0.2) is 27.6 Å². The van der Waals surface area contributed by atoms with Gasteiger partial charge in [-0.1, -0.05) is 12.1 Å². The molecule has 0 aliphatic rings. The highest BCUT2D eigenvalue weighted by molar-refractivity contribution is 7.95. The molecule has 0 saturated heterocycles. The van der Waals surface area contributed by atoms with Gasteiger partial charge in [-0.2, -0.15) is 5.26 Å². The Balaban J connectivity index is 1.94. The molecule has 0 fully saturated rings. The van der Waals surface area contributed by atoms with Crippen molar-refractivity contribution in [2.24, 2.45) is 0 Å². The monoisotopic (exact) mass is 400 g/mol. The van der Waals surface area contributed by atoms with E-state index in [1.165, 1.54) is 32.4 Å². The summed E-state index contributed by atoms with van der Waals surface area (Å²) in [5.74, 6) is -0.121.